The molecule has 0 radical (unpaired) electrons. The number of nitrogens with one attached hydrogen (secondary N) is 2. The molecule has 0 fully saturated rings. The Bertz CT molecular complexity index is 1410. The monoisotopic (exact) mass is 530 g/mol. The number of ether oxygens (including phenoxy) is 1. The van der Waals surface area contributed by atoms with E-state index in [-0.39, 0.29) is 5.91 Å². The lowest BCUT2D eigenvalue weighted by Gasteiger charge is -2.28. The lowest BCUT2D eigenvalue weighted by Crippen LogP contribution is -2.31. The van der Waals surface area contributed by atoms with E-state index < -0.39 is 6.04 Å². The Morgan fingerprint density at radius 2 is 1.89 bits per heavy atom. The van der Waals surface area contributed by atoms with Gasteiger partial charge in [0.05, 0.1) is 5.57 Å². The topological polar surface area (TPSA) is 94.0 Å². The summed E-state index contributed by atoms with van der Waals surface area (Å²) in [4.78, 5) is 13.4. The van der Waals surface area contributed by atoms with E-state index in [1.165, 1.54) is 0 Å². The molecular formula is C26H23BrN6O2. The smallest absolute Gasteiger partial charge is 0.255 e. The third-order valence-corrected chi connectivity index (χ3v) is 6.22. The first kappa shape index (κ1) is 22.8. The molecule has 4 aromatic rings. The Morgan fingerprint density at radius 1 is 1.09 bits per heavy atom. The molecule has 9 heteroatoms. The predicted octanol–water partition coefficient (Wildman–Crippen LogP) is 5.25. The zero-order valence-corrected chi connectivity index (χ0v) is 20.8. The lowest BCUT2D eigenvalue weighted by atomic mass is 9.95. The zero-order chi connectivity index (χ0) is 24.4. The molecule has 0 spiro atoms. The van der Waals surface area contributed by atoms with Crippen molar-refractivity contribution in [3.05, 3.63) is 105 Å². The van der Waals surface area contributed by atoms with Crippen LogP contribution in [0.2, 0.25) is 0 Å². The number of rotatable bonds is 6. The minimum absolute atomic E-state index is 0.221. The van der Waals surface area contributed by atoms with Crippen LogP contribution < -0.4 is 15.4 Å². The van der Waals surface area contributed by atoms with Crippen molar-refractivity contribution in [1.82, 2.24) is 20.2 Å². The Hall–Kier alpha value is -3.98. The van der Waals surface area contributed by atoms with E-state index in [2.05, 4.69) is 42.1 Å². The summed E-state index contributed by atoms with van der Waals surface area (Å²) in [6.45, 7) is 4.29. The first-order chi connectivity index (χ1) is 17.0. The van der Waals surface area contributed by atoms with E-state index in [0.717, 1.165) is 32.6 Å². The predicted molar refractivity (Wildman–Crippen MR) is 137 cm³/mol. The van der Waals surface area contributed by atoms with Crippen LogP contribution in [-0.2, 0) is 11.4 Å². The molecule has 35 heavy (non-hydrogen) atoms. The van der Waals surface area contributed by atoms with Gasteiger partial charge < -0.3 is 15.4 Å². The van der Waals surface area contributed by atoms with E-state index in [9.17, 15) is 4.79 Å². The highest BCUT2D eigenvalue weighted by molar-refractivity contribution is 9.10. The van der Waals surface area contributed by atoms with Crippen LogP contribution in [0.25, 0.3) is 0 Å². The summed E-state index contributed by atoms with van der Waals surface area (Å²) in [5.41, 5.74) is 4.95. The molecule has 1 aliphatic heterocycles. The molecule has 3 aromatic carbocycles. The zero-order valence-electron chi connectivity index (χ0n) is 19.2. The van der Waals surface area contributed by atoms with Gasteiger partial charge in [0.1, 0.15) is 18.4 Å². The molecule has 1 amide bonds. The number of carbonyl (C=O) groups excluding carboxylic acids is 1. The van der Waals surface area contributed by atoms with Crippen LogP contribution in [0.15, 0.2) is 88.5 Å². The molecule has 5 rings (SSSR count). The van der Waals surface area contributed by atoms with Crippen molar-refractivity contribution in [3.63, 3.8) is 0 Å². The van der Waals surface area contributed by atoms with Crippen molar-refractivity contribution in [3.8, 4) is 5.75 Å². The molecule has 0 saturated heterocycles. The van der Waals surface area contributed by atoms with Gasteiger partial charge in [0.15, 0.2) is 0 Å². The van der Waals surface area contributed by atoms with Crippen molar-refractivity contribution in [2.75, 3.05) is 10.6 Å². The molecular weight excluding hydrogens is 508 g/mol. The number of aromatic nitrogens is 4. The number of hydrogen-bond acceptors (Lipinski definition) is 6. The van der Waals surface area contributed by atoms with Gasteiger partial charge in [0.25, 0.3) is 5.91 Å². The van der Waals surface area contributed by atoms with E-state index in [1.54, 1.807) is 4.68 Å². The van der Waals surface area contributed by atoms with Crippen LogP contribution in [0.1, 0.15) is 29.7 Å². The number of carbonyl (C=O) groups is 1. The van der Waals surface area contributed by atoms with Crippen molar-refractivity contribution in [2.24, 2.45) is 0 Å². The average Bonchev–Trinajstić information content (AvgIpc) is 3.30. The molecule has 176 valence electrons. The number of amides is 1. The number of halogens is 1. The number of hydrogen-bond donors (Lipinski definition) is 2. The molecule has 8 nitrogen and oxygen atoms in total. The second kappa shape index (κ2) is 9.71. The van der Waals surface area contributed by atoms with Gasteiger partial charge in [-0.25, -0.2) is 0 Å². The average molecular weight is 531 g/mol. The molecule has 0 saturated carbocycles. The van der Waals surface area contributed by atoms with Crippen molar-refractivity contribution < 1.29 is 9.53 Å². The second-order valence-corrected chi connectivity index (χ2v) is 9.24. The number of tetrazole rings is 1. The summed E-state index contributed by atoms with van der Waals surface area (Å²) < 4.78 is 8.59. The van der Waals surface area contributed by atoms with Crippen LogP contribution >= 0.6 is 15.9 Å². The van der Waals surface area contributed by atoms with Gasteiger partial charge in [-0.15, -0.1) is 0 Å². The normalized spacial score (nSPS) is 14.8. The summed E-state index contributed by atoms with van der Waals surface area (Å²) in [6.07, 6.45) is 0. The van der Waals surface area contributed by atoms with Gasteiger partial charge >= 0.3 is 0 Å². The van der Waals surface area contributed by atoms with Gasteiger partial charge in [-0.2, -0.15) is 4.68 Å². The Kier molecular flexibility index (Phi) is 6.33. The Balaban J connectivity index is 1.41. The highest BCUT2D eigenvalue weighted by atomic mass is 79.9. The van der Waals surface area contributed by atoms with Gasteiger partial charge in [0.2, 0.25) is 5.95 Å². The van der Waals surface area contributed by atoms with Gasteiger partial charge in [0, 0.05) is 15.9 Å². The molecule has 1 unspecified atom stereocenters. The van der Waals surface area contributed by atoms with Crippen LogP contribution in [0.3, 0.4) is 0 Å². The van der Waals surface area contributed by atoms with Crippen molar-refractivity contribution >= 4 is 33.5 Å². The summed E-state index contributed by atoms with van der Waals surface area (Å²) in [7, 11) is 0. The summed E-state index contributed by atoms with van der Waals surface area (Å²) >= 11 is 3.48. The molecule has 0 bridgehead atoms. The fraction of sp³-hybridized carbons (Fsp3) is 0.154. The first-order valence-corrected chi connectivity index (χ1v) is 11.9. The lowest BCUT2D eigenvalue weighted by molar-refractivity contribution is -0.113. The third kappa shape index (κ3) is 4.95. The van der Waals surface area contributed by atoms with E-state index in [1.807, 2.05) is 86.6 Å². The molecule has 2 N–H and O–H groups in total. The Morgan fingerprint density at radius 3 is 2.66 bits per heavy atom. The highest BCUT2D eigenvalue weighted by Gasteiger charge is 2.34. The van der Waals surface area contributed by atoms with Gasteiger partial charge in [-0.05, 0) is 77.4 Å². The van der Waals surface area contributed by atoms with E-state index >= 15 is 0 Å². The maximum atomic E-state index is 13.4. The molecule has 0 aliphatic carbocycles. The number of allylic oxidation sites excluding steroid dienone is 1. The minimum Gasteiger partial charge on any atom is -0.489 e. The number of fused-ring (bicyclic) bond motifs is 1. The second-order valence-electron chi connectivity index (χ2n) is 8.32. The van der Waals surface area contributed by atoms with Crippen LogP contribution in [0.4, 0.5) is 11.6 Å². The number of benzene rings is 3. The summed E-state index contributed by atoms with van der Waals surface area (Å²) in [5.74, 6) is 0.988. The first-order valence-electron chi connectivity index (χ1n) is 11.1. The van der Waals surface area contributed by atoms with E-state index in [4.69, 9.17) is 4.74 Å². The molecule has 1 atom stereocenters. The highest BCUT2D eigenvalue weighted by Crippen LogP contribution is 2.35. The fourth-order valence-electron chi connectivity index (χ4n) is 4.08. The number of nitrogens with zero attached hydrogens (tertiary/aromatic N) is 4. The van der Waals surface area contributed by atoms with Crippen molar-refractivity contribution in [2.45, 2.75) is 26.5 Å². The number of aryl methyl sites for hydroxylation is 1. The third-order valence-electron chi connectivity index (χ3n) is 5.73. The fourth-order valence-corrected chi connectivity index (χ4v) is 4.52. The summed E-state index contributed by atoms with van der Waals surface area (Å²) in [5, 5.41) is 18.2. The Labute approximate surface area is 211 Å². The van der Waals surface area contributed by atoms with Crippen molar-refractivity contribution in [1.29, 1.82) is 0 Å². The number of anilines is 2. The maximum Gasteiger partial charge on any atom is 0.255 e. The van der Waals surface area contributed by atoms with Crippen LogP contribution in [-0.4, -0.2) is 26.1 Å². The van der Waals surface area contributed by atoms with Gasteiger partial charge in [-0.3, -0.25) is 4.79 Å². The van der Waals surface area contributed by atoms with Crippen LogP contribution in [0.5, 0.6) is 5.75 Å². The van der Waals surface area contributed by atoms with Gasteiger partial charge in [-0.1, -0.05) is 57.4 Å². The largest absolute Gasteiger partial charge is 0.489 e. The SMILES string of the molecule is CC1=C(C(=O)Nc2cccc(C)c2)C(c2ccc(OCc3cccc(Br)c3)cc2)n2nnnc2N1. The molecule has 2 heterocycles. The maximum absolute atomic E-state index is 13.4. The summed E-state index contributed by atoms with van der Waals surface area (Å²) in [6, 6.07) is 22.8. The molecule has 1 aliphatic rings. The standard InChI is InChI=1S/C26H23BrN6O2/c1-16-5-3-8-21(13-16)29-25(34)23-17(2)28-26-30-31-32-33(26)24(23)19-9-11-22(12-10-19)35-15-18-6-4-7-20(27)14-18/h3-14,24H,15H2,1-2H3,(H,29,34)(H,28,30,32). The minimum atomic E-state index is -0.495. The quantitative estimate of drug-likeness (QED) is 0.353. The van der Waals surface area contributed by atoms with E-state index in [0.29, 0.717) is 23.8 Å². The molecule has 1 aromatic heterocycles. The van der Waals surface area contributed by atoms with Crippen LogP contribution in [0, 0.1) is 6.92 Å².